The number of aromatic nitrogens is 1. The Bertz CT molecular complexity index is 584. The number of carbonyl (C=O) groups is 1. The van der Waals surface area contributed by atoms with Crippen LogP contribution in [0.3, 0.4) is 0 Å². The van der Waals surface area contributed by atoms with Gasteiger partial charge in [-0.2, -0.15) is 0 Å². The first-order valence-electron chi connectivity index (χ1n) is 4.72. The first-order chi connectivity index (χ1) is 8.09. The Labute approximate surface area is 108 Å². The summed E-state index contributed by atoms with van der Waals surface area (Å²) in [5, 5.41) is 9.87. The lowest BCUT2D eigenvalue weighted by Crippen LogP contribution is -2.00. The summed E-state index contributed by atoms with van der Waals surface area (Å²) >= 11 is 11.7. The zero-order valence-corrected chi connectivity index (χ0v) is 10.0. The van der Waals surface area contributed by atoms with Crippen molar-refractivity contribution in [2.24, 2.45) is 0 Å². The van der Waals surface area contributed by atoms with Gasteiger partial charge in [0.1, 0.15) is 0 Å². The molecule has 17 heavy (non-hydrogen) atoms. The summed E-state index contributed by atoms with van der Waals surface area (Å²) in [7, 11) is 0. The molecule has 0 bridgehead atoms. The summed E-state index contributed by atoms with van der Waals surface area (Å²) in [5.74, 6) is -1.03. The molecule has 1 heterocycles. The van der Waals surface area contributed by atoms with Crippen LogP contribution in [0.2, 0.25) is 10.0 Å². The number of nitrogens with zero attached hydrogens (tertiary/aromatic N) is 1. The van der Waals surface area contributed by atoms with Crippen LogP contribution in [0.5, 0.6) is 0 Å². The number of pyridine rings is 1. The Morgan fingerprint density at radius 1 is 1.18 bits per heavy atom. The molecule has 0 saturated heterocycles. The lowest BCUT2D eigenvalue weighted by molar-refractivity contribution is 0.0697. The van der Waals surface area contributed by atoms with Gasteiger partial charge in [-0.05, 0) is 29.3 Å². The molecule has 0 unspecified atom stereocenters. The second-order valence-electron chi connectivity index (χ2n) is 3.36. The number of carboxylic acids is 1. The Hall–Kier alpha value is -1.58. The molecule has 0 radical (unpaired) electrons. The summed E-state index contributed by atoms with van der Waals surface area (Å²) < 4.78 is 0. The summed E-state index contributed by atoms with van der Waals surface area (Å²) in [6.45, 7) is 0. The van der Waals surface area contributed by atoms with E-state index in [-0.39, 0.29) is 5.56 Å². The minimum atomic E-state index is -1.03. The number of hydrogen-bond donors (Lipinski definition) is 1. The molecule has 86 valence electrons. The highest BCUT2D eigenvalue weighted by Crippen LogP contribution is 2.29. The van der Waals surface area contributed by atoms with Crippen molar-refractivity contribution < 1.29 is 9.90 Å². The van der Waals surface area contributed by atoms with Crippen LogP contribution in [0, 0.1) is 0 Å². The normalized spacial score (nSPS) is 10.2. The van der Waals surface area contributed by atoms with E-state index in [0.29, 0.717) is 21.2 Å². The van der Waals surface area contributed by atoms with E-state index in [4.69, 9.17) is 28.3 Å². The summed E-state index contributed by atoms with van der Waals surface area (Å²) in [6, 6.07) is 6.61. The minimum Gasteiger partial charge on any atom is -0.478 e. The second-order valence-corrected chi connectivity index (χ2v) is 4.17. The maximum atomic E-state index is 11.0. The molecule has 2 aromatic rings. The Morgan fingerprint density at radius 3 is 2.59 bits per heavy atom. The number of benzene rings is 1. The van der Waals surface area contributed by atoms with Gasteiger partial charge < -0.3 is 5.11 Å². The monoisotopic (exact) mass is 267 g/mol. The number of rotatable bonds is 2. The van der Waals surface area contributed by atoms with Gasteiger partial charge in [-0.1, -0.05) is 29.3 Å². The molecule has 0 atom stereocenters. The van der Waals surface area contributed by atoms with Crippen LogP contribution >= 0.6 is 23.2 Å². The van der Waals surface area contributed by atoms with E-state index in [2.05, 4.69) is 4.98 Å². The van der Waals surface area contributed by atoms with Crippen molar-refractivity contribution >= 4 is 29.2 Å². The molecule has 1 N–H and O–H groups in total. The third kappa shape index (κ3) is 2.40. The van der Waals surface area contributed by atoms with Gasteiger partial charge in [-0.25, -0.2) is 4.79 Å². The Morgan fingerprint density at radius 2 is 1.94 bits per heavy atom. The van der Waals surface area contributed by atoms with Crippen molar-refractivity contribution in [3.63, 3.8) is 0 Å². The van der Waals surface area contributed by atoms with Crippen LogP contribution in [-0.4, -0.2) is 16.1 Å². The minimum absolute atomic E-state index is 0.130. The van der Waals surface area contributed by atoms with E-state index < -0.39 is 5.97 Å². The molecule has 0 aliphatic heterocycles. The van der Waals surface area contributed by atoms with Gasteiger partial charge in [0.25, 0.3) is 0 Å². The highest BCUT2D eigenvalue weighted by atomic mass is 35.5. The number of halogens is 2. The summed E-state index contributed by atoms with van der Waals surface area (Å²) in [5.41, 5.74) is 1.39. The number of aromatic carboxylic acids is 1. The SMILES string of the molecule is O=C(O)c1cnccc1-c1ccc(Cl)c(Cl)c1. The molecule has 0 amide bonds. The quantitative estimate of drug-likeness (QED) is 0.902. The fourth-order valence-corrected chi connectivity index (χ4v) is 1.78. The lowest BCUT2D eigenvalue weighted by atomic mass is 10.0. The molecule has 0 saturated carbocycles. The van der Waals surface area contributed by atoms with Crippen molar-refractivity contribution in [1.82, 2.24) is 4.98 Å². The lowest BCUT2D eigenvalue weighted by Gasteiger charge is -2.06. The zero-order chi connectivity index (χ0) is 12.4. The molecule has 0 aliphatic carbocycles. The van der Waals surface area contributed by atoms with E-state index in [1.807, 2.05) is 0 Å². The molecule has 0 aliphatic rings. The average molecular weight is 268 g/mol. The highest BCUT2D eigenvalue weighted by Gasteiger charge is 2.12. The van der Waals surface area contributed by atoms with Crippen molar-refractivity contribution in [2.45, 2.75) is 0 Å². The van der Waals surface area contributed by atoms with Gasteiger partial charge in [0.05, 0.1) is 15.6 Å². The van der Waals surface area contributed by atoms with Gasteiger partial charge >= 0.3 is 5.97 Å². The van der Waals surface area contributed by atoms with Gasteiger partial charge in [-0.3, -0.25) is 4.98 Å². The van der Waals surface area contributed by atoms with Crippen LogP contribution in [0.1, 0.15) is 10.4 Å². The topological polar surface area (TPSA) is 50.2 Å². The molecule has 5 heteroatoms. The summed E-state index contributed by atoms with van der Waals surface area (Å²) in [4.78, 5) is 14.8. The fraction of sp³-hybridized carbons (Fsp3) is 0. The zero-order valence-electron chi connectivity index (χ0n) is 8.52. The first-order valence-corrected chi connectivity index (χ1v) is 5.48. The molecular formula is C12H7Cl2NO2. The third-order valence-corrected chi connectivity index (χ3v) is 3.02. The third-order valence-electron chi connectivity index (χ3n) is 2.28. The van der Waals surface area contributed by atoms with Gasteiger partial charge in [0.2, 0.25) is 0 Å². The van der Waals surface area contributed by atoms with Crippen LogP contribution in [-0.2, 0) is 0 Å². The summed E-state index contributed by atoms with van der Waals surface area (Å²) in [6.07, 6.45) is 2.84. The first kappa shape index (κ1) is 11.9. The van der Waals surface area contributed by atoms with Crippen LogP contribution < -0.4 is 0 Å². The highest BCUT2D eigenvalue weighted by molar-refractivity contribution is 6.42. The van der Waals surface area contributed by atoms with E-state index >= 15 is 0 Å². The van der Waals surface area contributed by atoms with Crippen LogP contribution in [0.15, 0.2) is 36.7 Å². The number of hydrogen-bond acceptors (Lipinski definition) is 2. The van der Waals surface area contributed by atoms with Gasteiger partial charge in [-0.15, -0.1) is 0 Å². The van der Waals surface area contributed by atoms with E-state index in [1.165, 1.54) is 12.4 Å². The van der Waals surface area contributed by atoms with Gasteiger partial charge in [0.15, 0.2) is 0 Å². The largest absolute Gasteiger partial charge is 0.478 e. The molecule has 3 nitrogen and oxygen atoms in total. The Kier molecular flexibility index (Phi) is 3.31. The van der Waals surface area contributed by atoms with Crippen molar-refractivity contribution in [3.8, 4) is 11.1 Å². The maximum Gasteiger partial charge on any atom is 0.337 e. The number of carboxylic acid groups (broad SMARTS) is 1. The van der Waals surface area contributed by atoms with Crippen molar-refractivity contribution in [3.05, 3.63) is 52.3 Å². The van der Waals surface area contributed by atoms with Crippen LogP contribution in [0.25, 0.3) is 11.1 Å². The fourth-order valence-electron chi connectivity index (χ4n) is 1.48. The van der Waals surface area contributed by atoms with Crippen molar-refractivity contribution in [1.29, 1.82) is 0 Å². The standard InChI is InChI=1S/C12H7Cl2NO2/c13-10-2-1-7(5-11(10)14)8-3-4-15-6-9(8)12(16)17/h1-6H,(H,16,17). The molecule has 0 spiro atoms. The van der Waals surface area contributed by atoms with E-state index in [9.17, 15) is 4.79 Å². The molecule has 1 aromatic heterocycles. The molecule has 0 fully saturated rings. The molecular weight excluding hydrogens is 261 g/mol. The van der Waals surface area contributed by atoms with Crippen molar-refractivity contribution in [2.75, 3.05) is 0 Å². The predicted molar refractivity (Wildman–Crippen MR) is 66.7 cm³/mol. The van der Waals surface area contributed by atoms with E-state index in [1.54, 1.807) is 24.3 Å². The van der Waals surface area contributed by atoms with Crippen LogP contribution in [0.4, 0.5) is 0 Å². The van der Waals surface area contributed by atoms with E-state index in [0.717, 1.165) is 0 Å². The smallest absolute Gasteiger partial charge is 0.337 e. The van der Waals surface area contributed by atoms with Gasteiger partial charge in [0, 0.05) is 12.4 Å². The molecule has 1 aromatic carbocycles. The molecule has 2 rings (SSSR count). The maximum absolute atomic E-state index is 11.0. The average Bonchev–Trinajstić information content (AvgIpc) is 2.32. The predicted octanol–water partition coefficient (Wildman–Crippen LogP) is 3.75. The Balaban J connectivity index is 2.60. The second kappa shape index (κ2) is 4.73.